The summed E-state index contributed by atoms with van der Waals surface area (Å²) in [4.78, 5) is 14.3. The van der Waals surface area contributed by atoms with Crippen molar-refractivity contribution < 1.29 is 14.6 Å². The van der Waals surface area contributed by atoms with Crippen molar-refractivity contribution in [3.63, 3.8) is 0 Å². The largest absolute Gasteiger partial charge is 0.387 e. The third-order valence-electron chi connectivity index (χ3n) is 3.89. The molecule has 130 valence electrons. The summed E-state index contributed by atoms with van der Waals surface area (Å²) < 4.78 is 5.21. The number of rotatable bonds is 9. The zero-order valence-corrected chi connectivity index (χ0v) is 14.6. The minimum absolute atomic E-state index is 0.0783. The molecule has 5 nitrogen and oxygen atoms in total. The topological polar surface area (TPSA) is 75.8 Å². The van der Waals surface area contributed by atoms with E-state index in [1.807, 2.05) is 47.2 Å². The lowest BCUT2D eigenvalue weighted by molar-refractivity contribution is -0.135. The number of hydrogen-bond donors (Lipinski definition) is 2. The number of ether oxygens (including phenoxy) is 1. The molecular formula is C18H24N2O3S. The SMILES string of the molecule is COC(CN)CC(=O)N(Cc1ccccc1)CC(O)c1ccsc1. The molecular weight excluding hydrogens is 324 g/mol. The van der Waals surface area contributed by atoms with Crippen molar-refractivity contribution in [2.45, 2.75) is 25.2 Å². The highest BCUT2D eigenvalue weighted by molar-refractivity contribution is 7.07. The number of aliphatic hydroxyl groups excluding tert-OH is 1. The van der Waals surface area contributed by atoms with Gasteiger partial charge in [-0.05, 0) is 28.0 Å². The molecule has 1 amide bonds. The van der Waals surface area contributed by atoms with E-state index < -0.39 is 6.10 Å². The van der Waals surface area contributed by atoms with Gasteiger partial charge in [0.15, 0.2) is 0 Å². The van der Waals surface area contributed by atoms with Gasteiger partial charge >= 0.3 is 0 Å². The van der Waals surface area contributed by atoms with Gasteiger partial charge in [0.25, 0.3) is 0 Å². The quantitative estimate of drug-likeness (QED) is 0.728. The zero-order valence-electron chi connectivity index (χ0n) is 13.8. The fraction of sp³-hybridized carbons (Fsp3) is 0.389. The normalized spacial score (nSPS) is 13.5. The summed E-state index contributed by atoms with van der Waals surface area (Å²) in [5, 5.41) is 14.2. The molecule has 0 saturated carbocycles. The molecule has 2 unspecified atom stereocenters. The molecule has 1 heterocycles. The van der Waals surface area contributed by atoms with E-state index >= 15 is 0 Å². The molecule has 1 aromatic carbocycles. The van der Waals surface area contributed by atoms with Crippen LogP contribution in [0.2, 0.25) is 0 Å². The Morgan fingerprint density at radius 2 is 2.08 bits per heavy atom. The van der Waals surface area contributed by atoms with Crippen molar-refractivity contribution in [3.05, 3.63) is 58.3 Å². The highest BCUT2D eigenvalue weighted by Gasteiger charge is 2.22. The number of hydrogen-bond acceptors (Lipinski definition) is 5. The van der Waals surface area contributed by atoms with Gasteiger partial charge in [-0.15, -0.1) is 0 Å². The van der Waals surface area contributed by atoms with Crippen molar-refractivity contribution >= 4 is 17.2 Å². The van der Waals surface area contributed by atoms with Gasteiger partial charge in [0.1, 0.15) is 0 Å². The molecule has 2 aromatic rings. The number of benzene rings is 1. The fourth-order valence-corrected chi connectivity index (χ4v) is 3.13. The maximum Gasteiger partial charge on any atom is 0.225 e. The first-order valence-corrected chi connectivity index (χ1v) is 8.83. The maximum absolute atomic E-state index is 12.7. The van der Waals surface area contributed by atoms with Gasteiger partial charge in [0.05, 0.1) is 25.2 Å². The van der Waals surface area contributed by atoms with E-state index in [1.165, 1.54) is 11.3 Å². The van der Waals surface area contributed by atoms with Crippen LogP contribution in [0, 0.1) is 0 Å². The van der Waals surface area contributed by atoms with E-state index in [-0.39, 0.29) is 31.5 Å². The number of methoxy groups -OCH3 is 1. The summed E-state index contributed by atoms with van der Waals surface area (Å²) in [5.74, 6) is -0.0783. The van der Waals surface area contributed by atoms with Crippen molar-refractivity contribution in [3.8, 4) is 0 Å². The molecule has 0 aliphatic heterocycles. The van der Waals surface area contributed by atoms with E-state index in [9.17, 15) is 9.90 Å². The first-order chi connectivity index (χ1) is 11.6. The van der Waals surface area contributed by atoms with E-state index in [4.69, 9.17) is 10.5 Å². The number of amides is 1. The highest BCUT2D eigenvalue weighted by atomic mass is 32.1. The first-order valence-electron chi connectivity index (χ1n) is 7.88. The molecule has 0 saturated heterocycles. The number of nitrogens with two attached hydrogens (primary N) is 1. The third kappa shape index (κ3) is 5.42. The van der Waals surface area contributed by atoms with Crippen LogP contribution in [0.15, 0.2) is 47.2 Å². The van der Waals surface area contributed by atoms with Gasteiger partial charge in [-0.25, -0.2) is 0 Å². The molecule has 3 N–H and O–H groups in total. The van der Waals surface area contributed by atoms with Crippen molar-refractivity contribution in [1.82, 2.24) is 4.90 Å². The second-order valence-electron chi connectivity index (χ2n) is 5.63. The molecule has 0 aliphatic rings. The Morgan fingerprint density at radius 3 is 2.67 bits per heavy atom. The summed E-state index contributed by atoms with van der Waals surface area (Å²) in [5.41, 5.74) is 7.46. The average molecular weight is 348 g/mol. The lowest BCUT2D eigenvalue weighted by atomic mass is 10.1. The summed E-state index contributed by atoms with van der Waals surface area (Å²) in [6, 6.07) is 11.6. The number of carbonyl (C=O) groups excluding carboxylic acids is 1. The van der Waals surface area contributed by atoms with Crippen LogP contribution in [0.3, 0.4) is 0 Å². The van der Waals surface area contributed by atoms with Crippen LogP contribution in [-0.2, 0) is 16.1 Å². The Bertz CT molecular complexity index is 600. The second kappa shape index (κ2) is 9.54. The molecule has 6 heteroatoms. The third-order valence-corrected chi connectivity index (χ3v) is 4.59. The molecule has 0 fully saturated rings. The first kappa shape index (κ1) is 18.6. The van der Waals surface area contributed by atoms with Crippen molar-refractivity contribution in [1.29, 1.82) is 0 Å². The van der Waals surface area contributed by atoms with Gasteiger partial charge in [-0.3, -0.25) is 4.79 Å². The molecule has 0 spiro atoms. The summed E-state index contributed by atoms with van der Waals surface area (Å²) in [6.45, 7) is 0.974. The smallest absolute Gasteiger partial charge is 0.225 e. The van der Waals surface area contributed by atoms with Crippen LogP contribution in [-0.4, -0.2) is 42.2 Å². The van der Waals surface area contributed by atoms with E-state index in [0.717, 1.165) is 11.1 Å². The summed E-state index contributed by atoms with van der Waals surface area (Å²) in [6.07, 6.45) is -0.812. The molecule has 2 rings (SSSR count). The fourth-order valence-electron chi connectivity index (χ4n) is 2.42. The van der Waals surface area contributed by atoms with Crippen LogP contribution in [0.5, 0.6) is 0 Å². The Hall–Kier alpha value is -1.73. The Balaban J connectivity index is 2.09. The Kier molecular flexibility index (Phi) is 7.39. The predicted molar refractivity (Wildman–Crippen MR) is 95.6 cm³/mol. The average Bonchev–Trinajstić information content (AvgIpc) is 3.14. The lowest BCUT2D eigenvalue weighted by Gasteiger charge is -2.27. The maximum atomic E-state index is 12.7. The molecule has 24 heavy (non-hydrogen) atoms. The zero-order chi connectivity index (χ0) is 17.4. The lowest BCUT2D eigenvalue weighted by Crippen LogP contribution is -2.38. The molecule has 1 aromatic heterocycles. The van der Waals surface area contributed by atoms with Crippen LogP contribution in [0.25, 0.3) is 0 Å². The highest BCUT2D eigenvalue weighted by Crippen LogP contribution is 2.19. The standard InChI is InChI=1S/C18H24N2O3S/c1-23-16(10-19)9-18(22)20(11-14-5-3-2-4-6-14)12-17(21)15-7-8-24-13-15/h2-8,13,16-17,21H,9-12,19H2,1H3. The van der Waals surface area contributed by atoms with Gasteiger partial charge < -0.3 is 20.5 Å². The number of carbonyl (C=O) groups is 1. The van der Waals surface area contributed by atoms with Crippen LogP contribution in [0.4, 0.5) is 0 Å². The van der Waals surface area contributed by atoms with Gasteiger partial charge in [0.2, 0.25) is 5.91 Å². The Morgan fingerprint density at radius 1 is 1.33 bits per heavy atom. The second-order valence-corrected chi connectivity index (χ2v) is 6.41. The van der Waals surface area contributed by atoms with Gasteiger partial charge in [-0.2, -0.15) is 11.3 Å². The van der Waals surface area contributed by atoms with Gasteiger partial charge in [0, 0.05) is 20.2 Å². The molecule has 0 radical (unpaired) electrons. The minimum atomic E-state index is -0.706. The van der Waals surface area contributed by atoms with Crippen molar-refractivity contribution in [2.75, 3.05) is 20.2 Å². The number of aliphatic hydroxyl groups is 1. The van der Waals surface area contributed by atoms with E-state index in [2.05, 4.69) is 0 Å². The molecule has 2 atom stereocenters. The predicted octanol–water partition coefficient (Wildman–Crippen LogP) is 2.17. The summed E-state index contributed by atoms with van der Waals surface area (Å²) in [7, 11) is 1.55. The van der Waals surface area contributed by atoms with Crippen LogP contribution < -0.4 is 5.73 Å². The number of nitrogens with zero attached hydrogens (tertiary/aromatic N) is 1. The van der Waals surface area contributed by atoms with E-state index in [0.29, 0.717) is 6.54 Å². The van der Waals surface area contributed by atoms with E-state index in [1.54, 1.807) is 12.0 Å². The minimum Gasteiger partial charge on any atom is -0.387 e. The number of thiophene rings is 1. The van der Waals surface area contributed by atoms with Crippen LogP contribution in [0.1, 0.15) is 23.7 Å². The molecule has 0 bridgehead atoms. The summed E-state index contributed by atoms with van der Waals surface area (Å²) >= 11 is 1.53. The van der Waals surface area contributed by atoms with Gasteiger partial charge in [-0.1, -0.05) is 30.3 Å². The monoisotopic (exact) mass is 348 g/mol. The molecule has 0 aliphatic carbocycles. The van der Waals surface area contributed by atoms with Crippen molar-refractivity contribution in [2.24, 2.45) is 5.73 Å². The Labute approximate surface area is 146 Å². The van der Waals surface area contributed by atoms with Crippen LogP contribution >= 0.6 is 11.3 Å².